The molecule has 0 spiro atoms. The summed E-state index contributed by atoms with van der Waals surface area (Å²) in [6, 6.07) is 20.1. The third-order valence-electron chi connectivity index (χ3n) is 5.20. The minimum absolute atomic E-state index is 0.0782. The molecule has 0 aliphatic carbocycles. The minimum Gasteiger partial charge on any atom is -0.345 e. The molecule has 0 bridgehead atoms. The fourth-order valence-corrected chi connectivity index (χ4v) is 3.53. The summed E-state index contributed by atoms with van der Waals surface area (Å²) in [5.74, 6) is -1.13. The summed E-state index contributed by atoms with van der Waals surface area (Å²) in [5, 5.41) is 2.79. The van der Waals surface area contributed by atoms with Crippen molar-refractivity contribution in [1.82, 2.24) is 9.80 Å². The van der Waals surface area contributed by atoms with Gasteiger partial charge in [-0.05, 0) is 54.1 Å². The quantitative estimate of drug-likeness (QED) is 0.632. The summed E-state index contributed by atoms with van der Waals surface area (Å²) in [7, 11) is 3.35. The number of hydrogen-bond donors (Lipinski definition) is 1. The number of nitrogens with one attached hydrogen (secondary N) is 1. The standard InChI is InChI=1S/C25H21N3O4/c1-27(2)23(30)17-10-12-19(13-11-17)26-22(29)18-7-5-6-16(14-18)15-28-24(31)20-8-3-4-9-21(20)25(28)32/h3-14H,15H2,1-2H3,(H,26,29). The molecule has 0 radical (unpaired) electrons. The van der Waals surface area contributed by atoms with Gasteiger partial charge in [-0.2, -0.15) is 0 Å². The zero-order chi connectivity index (χ0) is 22.8. The summed E-state index contributed by atoms with van der Waals surface area (Å²) in [6.07, 6.45) is 0. The Kier molecular flexibility index (Phi) is 5.55. The van der Waals surface area contributed by atoms with Crippen LogP contribution in [0.3, 0.4) is 0 Å². The SMILES string of the molecule is CN(C)C(=O)c1ccc(NC(=O)c2cccc(CN3C(=O)c4ccccc4C3=O)c2)cc1. The highest BCUT2D eigenvalue weighted by Gasteiger charge is 2.35. The van der Waals surface area contributed by atoms with Gasteiger partial charge in [-0.25, -0.2) is 0 Å². The van der Waals surface area contributed by atoms with E-state index in [1.807, 2.05) is 0 Å². The third-order valence-corrected chi connectivity index (χ3v) is 5.20. The third kappa shape index (κ3) is 4.00. The molecule has 0 fully saturated rings. The monoisotopic (exact) mass is 427 g/mol. The molecule has 1 aliphatic heterocycles. The summed E-state index contributed by atoms with van der Waals surface area (Å²) in [6.45, 7) is 0.0782. The zero-order valence-electron chi connectivity index (χ0n) is 17.7. The van der Waals surface area contributed by atoms with Crippen LogP contribution in [0.2, 0.25) is 0 Å². The number of carbonyl (C=O) groups is 4. The van der Waals surface area contributed by atoms with Gasteiger partial charge in [0.15, 0.2) is 0 Å². The molecule has 1 heterocycles. The van der Waals surface area contributed by atoms with E-state index in [0.717, 1.165) is 0 Å². The Labute approximate surface area is 185 Å². The minimum atomic E-state index is -0.340. The lowest BCUT2D eigenvalue weighted by Crippen LogP contribution is -2.29. The van der Waals surface area contributed by atoms with Gasteiger partial charge in [0.05, 0.1) is 17.7 Å². The van der Waals surface area contributed by atoms with E-state index in [1.165, 1.54) is 9.80 Å². The van der Waals surface area contributed by atoms with Crippen molar-refractivity contribution >= 4 is 29.3 Å². The maximum Gasteiger partial charge on any atom is 0.261 e. The first-order chi connectivity index (χ1) is 15.3. The van der Waals surface area contributed by atoms with Crippen LogP contribution in [0.25, 0.3) is 0 Å². The van der Waals surface area contributed by atoms with Crippen LogP contribution < -0.4 is 5.32 Å². The van der Waals surface area contributed by atoms with E-state index in [2.05, 4.69) is 5.32 Å². The average Bonchev–Trinajstić information content (AvgIpc) is 3.04. The van der Waals surface area contributed by atoms with Crippen molar-refractivity contribution in [3.8, 4) is 0 Å². The molecule has 1 aliphatic rings. The fraction of sp³-hybridized carbons (Fsp3) is 0.120. The van der Waals surface area contributed by atoms with Crippen molar-refractivity contribution in [2.24, 2.45) is 0 Å². The van der Waals surface area contributed by atoms with Crippen molar-refractivity contribution in [3.63, 3.8) is 0 Å². The molecule has 0 saturated carbocycles. The first kappa shape index (κ1) is 21.0. The number of imide groups is 1. The highest BCUT2D eigenvalue weighted by Crippen LogP contribution is 2.24. The highest BCUT2D eigenvalue weighted by atomic mass is 16.2. The lowest BCUT2D eigenvalue weighted by molar-refractivity contribution is 0.0641. The summed E-state index contributed by atoms with van der Waals surface area (Å²) >= 11 is 0. The van der Waals surface area contributed by atoms with Crippen LogP contribution in [0.4, 0.5) is 5.69 Å². The number of hydrogen-bond acceptors (Lipinski definition) is 4. The fourth-order valence-electron chi connectivity index (χ4n) is 3.53. The molecule has 32 heavy (non-hydrogen) atoms. The first-order valence-electron chi connectivity index (χ1n) is 10.0. The average molecular weight is 427 g/mol. The van der Waals surface area contributed by atoms with Crippen molar-refractivity contribution < 1.29 is 19.2 Å². The molecule has 1 N–H and O–H groups in total. The van der Waals surface area contributed by atoms with Crippen LogP contribution in [-0.4, -0.2) is 47.5 Å². The second-order valence-electron chi connectivity index (χ2n) is 7.67. The number of carbonyl (C=O) groups excluding carboxylic acids is 4. The lowest BCUT2D eigenvalue weighted by atomic mass is 10.1. The van der Waals surface area contributed by atoms with Gasteiger partial charge in [-0.1, -0.05) is 24.3 Å². The maximum atomic E-state index is 12.7. The predicted molar refractivity (Wildman–Crippen MR) is 120 cm³/mol. The van der Waals surface area contributed by atoms with E-state index in [9.17, 15) is 19.2 Å². The Morgan fingerprint density at radius 1 is 0.812 bits per heavy atom. The van der Waals surface area contributed by atoms with E-state index >= 15 is 0 Å². The lowest BCUT2D eigenvalue weighted by Gasteiger charge is -2.14. The van der Waals surface area contributed by atoms with Gasteiger partial charge in [-0.15, -0.1) is 0 Å². The molecule has 0 aromatic heterocycles. The molecule has 0 atom stereocenters. The van der Waals surface area contributed by atoms with Crippen LogP contribution >= 0.6 is 0 Å². The molecule has 4 amide bonds. The number of nitrogens with zero attached hydrogens (tertiary/aromatic N) is 2. The molecule has 7 heteroatoms. The Hall–Kier alpha value is -4.26. The Morgan fingerprint density at radius 3 is 2.03 bits per heavy atom. The van der Waals surface area contributed by atoms with Gasteiger partial charge in [0.2, 0.25) is 0 Å². The van der Waals surface area contributed by atoms with Crippen molar-refractivity contribution in [3.05, 3.63) is 101 Å². The van der Waals surface area contributed by atoms with Gasteiger partial charge in [0.25, 0.3) is 23.6 Å². The van der Waals surface area contributed by atoms with Crippen LogP contribution in [0.15, 0.2) is 72.8 Å². The molecule has 0 unspecified atom stereocenters. The molecule has 160 valence electrons. The van der Waals surface area contributed by atoms with Crippen LogP contribution in [0.1, 0.15) is 47.0 Å². The van der Waals surface area contributed by atoms with E-state index in [4.69, 9.17) is 0 Å². The van der Waals surface area contributed by atoms with Crippen LogP contribution in [-0.2, 0) is 6.54 Å². The maximum absolute atomic E-state index is 12.7. The molecule has 4 rings (SSSR count). The van der Waals surface area contributed by atoms with Crippen molar-refractivity contribution in [2.75, 3.05) is 19.4 Å². The van der Waals surface area contributed by atoms with E-state index < -0.39 is 0 Å². The molecular formula is C25H21N3O4. The number of benzene rings is 3. The molecule has 7 nitrogen and oxygen atoms in total. The zero-order valence-corrected chi connectivity index (χ0v) is 17.7. The Bertz CT molecular complexity index is 1200. The summed E-state index contributed by atoms with van der Waals surface area (Å²) in [5.41, 5.74) is 2.92. The Balaban J connectivity index is 1.46. The number of amides is 4. The number of anilines is 1. The second-order valence-corrected chi connectivity index (χ2v) is 7.67. The molecular weight excluding hydrogens is 406 g/mol. The van der Waals surface area contributed by atoms with Crippen molar-refractivity contribution in [1.29, 1.82) is 0 Å². The largest absolute Gasteiger partial charge is 0.345 e. The van der Waals surface area contributed by atoms with Gasteiger partial charge in [-0.3, -0.25) is 24.1 Å². The highest BCUT2D eigenvalue weighted by molar-refractivity contribution is 6.21. The van der Waals surface area contributed by atoms with Crippen molar-refractivity contribution in [2.45, 2.75) is 6.54 Å². The van der Waals surface area contributed by atoms with Crippen LogP contribution in [0.5, 0.6) is 0 Å². The summed E-state index contributed by atoms with van der Waals surface area (Å²) in [4.78, 5) is 52.5. The van der Waals surface area contributed by atoms with E-state index in [-0.39, 0.29) is 30.2 Å². The second kappa shape index (κ2) is 8.47. The smallest absolute Gasteiger partial charge is 0.261 e. The van der Waals surface area contributed by atoms with Gasteiger partial charge < -0.3 is 10.2 Å². The number of rotatable bonds is 5. The normalized spacial score (nSPS) is 12.5. The number of fused-ring (bicyclic) bond motifs is 1. The van der Waals surface area contributed by atoms with Gasteiger partial charge in [0.1, 0.15) is 0 Å². The van der Waals surface area contributed by atoms with E-state index in [1.54, 1.807) is 86.9 Å². The molecule has 3 aromatic carbocycles. The first-order valence-corrected chi connectivity index (χ1v) is 10.0. The molecule has 3 aromatic rings. The predicted octanol–water partition coefficient (Wildman–Crippen LogP) is 3.44. The topological polar surface area (TPSA) is 86.8 Å². The molecule has 0 saturated heterocycles. The van der Waals surface area contributed by atoms with E-state index in [0.29, 0.717) is 33.5 Å². The summed E-state index contributed by atoms with van der Waals surface area (Å²) < 4.78 is 0. The Morgan fingerprint density at radius 2 is 1.44 bits per heavy atom. The van der Waals surface area contributed by atoms with Gasteiger partial charge in [0, 0.05) is 30.9 Å². The van der Waals surface area contributed by atoms with Gasteiger partial charge >= 0.3 is 0 Å². The van der Waals surface area contributed by atoms with Crippen LogP contribution in [0, 0.1) is 0 Å².